The molecule has 0 unspecified atom stereocenters. The molecule has 5 heterocycles. The zero-order chi connectivity index (χ0) is 44.0. The zero-order valence-electron chi connectivity index (χ0n) is 32.6. The Hall–Kier alpha value is -4.71. The van der Waals surface area contributed by atoms with Crippen molar-refractivity contribution in [3.8, 4) is 5.75 Å². The number of esters is 3. The highest BCUT2D eigenvalue weighted by Gasteiger charge is 2.51. The molecule has 1 aromatic carbocycles. The number of phenolic OH excluding ortho intramolecular Hbond substituents is 1. The van der Waals surface area contributed by atoms with Gasteiger partial charge >= 0.3 is 17.9 Å². The van der Waals surface area contributed by atoms with Crippen molar-refractivity contribution in [3.05, 3.63) is 84.9 Å². The van der Waals surface area contributed by atoms with Crippen LogP contribution in [0.5, 0.6) is 5.75 Å². The van der Waals surface area contributed by atoms with Crippen molar-refractivity contribution in [2.75, 3.05) is 26.4 Å². The monoisotopic (exact) mass is 862 g/mol. The van der Waals surface area contributed by atoms with E-state index in [-0.39, 0.29) is 43.0 Å². The summed E-state index contributed by atoms with van der Waals surface area (Å²) in [5.74, 6) is -5.71. The lowest BCUT2D eigenvalue weighted by molar-refractivity contribution is -0.340. The first-order chi connectivity index (χ1) is 29.3. The van der Waals surface area contributed by atoms with Crippen LogP contribution in [-0.4, -0.2) is 159 Å². The Morgan fingerprint density at radius 2 is 1.18 bits per heavy atom. The number of carbonyl (C=O) groups is 3. The SMILES string of the molecule is C=C[C@H]1[C@H](O[C@H]2O[C@@H](CO)[C@H](OC(=O)C=Cc3ccc(O)cc3)[C@@H](O)[C@@H]2O)OC=C2C(=O)OCC[C@@H]3C(=CO[C@@H](O[C@@H]4O[C@H](CO)[C@@H](O)[C@H](O)[C@H]4O)[C@@H]3C=C)C(=O)OCC[C@H]21. The highest BCUT2D eigenvalue weighted by molar-refractivity contribution is 5.90. The van der Waals surface area contributed by atoms with Gasteiger partial charge in [0.05, 0.1) is 50.1 Å². The topological polar surface area (TPSA) is 296 Å². The van der Waals surface area contributed by atoms with Gasteiger partial charge in [0.1, 0.15) is 48.5 Å². The molecular weight excluding hydrogens is 812 g/mol. The minimum atomic E-state index is -1.83. The molecule has 334 valence electrons. The first-order valence-electron chi connectivity index (χ1n) is 19.5. The van der Waals surface area contributed by atoms with E-state index in [1.165, 1.54) is 30.4 Å². The van der Waals surface area contributed by atoms with Crippen LogP contribution in [-0.2, 0) is 57.0 Å². The van der Waals surface area contributed by atoms with Gasteiger partial charge < -0.3 is 83.5 Å². The largest absolute Gasteiger partial charge is 0.508 e. The molecule has 5 aliphatic heterocycles. The van der Waals surface area contributed by atoms with E-state index in [0.717, 1.165) is 18.6 Å². The number of aliphatic hydroxyl groups excluding tert-OH is 7. The normalized spacial score (nSPS) is 38.3. The third kappa shape index (κ3) is 10.2. The van der Waals surface area contributed by atoms with Crippen molar-refractivity contribution in [1.82, 2.24) is 0 Å². The van der Waals surface area contributed by atoms with Gasteiger partial charge in [0.15, 0.2) is 18.7 Å². The number of cyclic esters (lactones) is 2. The molecule has 0 bridgehead atoms. The van der Waals surface area contributed by atoms with Gasteiger partial charge in [-0.15, -0.1) is 13.2 Å². The number of aliphatic hydroxyl groups is 7. The van der Waals surface area contributed by atoms with Gasteiger partial charge in [-0.3, -0.25) is 0 Å². The van der Waals surface area contributed by atoms with Crippen LogP contribution in [0.4, 0.5) is 0 Å². The molecule has 20 nitrogen and oxygen atoms in total. The van der Waals surface area contributed by atoms with Crippen LogP contribution < -0.4 is 0 Å². The van der Waals surface area contributed by atoms with Gasteiger partial charge in [0, 0.05) is 29.7 Å². The second kappa shape index (κ2) is 20.4. The molecule has 0 amide bonds. The van der Waals surface area contributed by atoms with E-state index < -0.39 is 129 Å². The third-order valence-corrected chi connectivity index (χ3v) is 11.1. The number of ether oxygens (including phenoxy) is 9. The second-order valence-electron chi connectivity index (χ2n) is 14.8. The molecule has 3 fully saturated rings. The Morgan fingerprint density at radius 1 is 0.689 bits per heavy atom. The molecule has 0 radical (unpaired) electrons. The molecule has 61 heavy (non-hydrogen) atoms. The van der Waals surface area contributed by atoms with Crippen LogP contribution in [0.15, 0.2) is 79.3 Å². The van der Waals surface area contributed by atoms with Crippen LogP contribution in [0.2, 0.25) is 0 Å². The molecule has 16 atom stereocenters. The number of aromatic hydroxyl groups is 1. The lowest BCUT2D eigenvalue weighted by Crippen LogP contribution is -2.61. The summed E-state index contributed by atoms with van der Waals surface area (Å²) >= 11 is 0. The van der Waals surface area contributed by atoms with Gasteiger partial charge in [0.25, 0.3) is 0 Å². The maximum atomic E-state index is 13.6. The van der Waals surface area contributed by atoms with Crippen LogP contribution in [0.3, 0.4) is 0 Å². The van der Waals surface area contributed by atoms with Crippen LogP contribution in [0.25, 0.3) is 6.08 Å². The van der Waals surface area contributed by atoms with Crippen LogP contribution in [0.1, 0.15) is 18.4 Å². The summed E-state index contributed by atoms with van der Waals surface area (Å²) < 4.78 is 51.1. The van der Waals surface area contributed by atoms with Gasteiger partial charge in [-0.25, -0.2) is 14.4 Å². The standard InChI is InChI=1S/C41H50O20/c1-3-21-23-11-13-53-37(52)26-18-56-39(61-41-34(50)32(48)35(28(16-43)58-41)59-29(45)10-7-19-5-8-20(44)9-6-19)22(4-2)24(26)12-14-54-36(51)25(23)17-55-38(21)60-40-33(49)31(47)30(46)27(15-42)57-40/h3-10,17-18,21-24,27-28,30-35,38-44,46-50H,1-2,11-16H2/t21-,22-,23+,24+,27-,28+,30-,31+,32+,33-,34+,35+,38+,39+,40+,41-/m1/s1. The second-order valence-corrected chi connectivity index (χ2v) is 14.8. The fraction of sp³-hybridized carbons (Fsp3) is 0.537. The minimum absolute atomic E-state index is 0.00473. The summed E-state index contributed by atoms with van der Waals surface area (Å²) in [5.41, 5.74) is 0.651. The van der Waals surface area contributed by atoms with Crippen molar-refractivity contribution >= 4 is 24.0 Å². The van der Waals surface area contributed by atoms with Gasteiger partial charge in [-0.05, 0) is 36.6 Å². The Kier molecular flexibility index (Phi) is 15.3. The first kappa shape index (κ1) is 45.8. The van der Waals surface area contributed by atoms with Crippen molar-refractivity contribution in [2.45, 2.75) is 86.8 Å². The average molecular weight is 863 g/mol. The molecule has 0 saturated carbocycles. The molecule has 3 saturated heterocycles. The van der Waals surface area contributed by atoms with Crippen molar-refractivity contribution in [2.24, 2.45) is 23.7 Å². The van der Waals surface area contributed by atoms with E-state index in [0.29, 0.717) is 5.56 Å². The zero-order valence-corrected chi connectivity index (χ0v) is 32.6. The van der Waals surface area contributed by atoms with Crippen molar-refractivity contribution in [1.29, 1.82) is 0 Å². The number of hydrogen-bond acceptors (Lipinski definition) is 20. The lowest BCUT2D eigenvalue weighted by Gasteiger charge is -2.44. The number of fused-ring (bicyclic) bond motifs is 2. The Morgan fingerprint density at radius 3 is 1.67 bits per heavy atom. The van der Waals surface area contributed by atoms with Gasteiger partial charge in [-0.1, -0.05) is 24.3 Å². The Bertz CT molecular complexity index is 1810. The number of benzene rings is 1. The molecule has 0 aliphatic carbocycles. The molecule has 0 spiro atoms. The summed E-state index contributed by atoms with van der Waals surface area (Å²) in [6.45, 7) is 5.75. The summed E-state index contributed by atoms with van der Waals surface area (Å²) in [6.07, 6.45) is -11.1. The summed E-state index contributed by atoms with van der Waals surface area (Å²) in [5, 5.41) is 82.1. The molecular formula is C41H50O20. The van der Waals surface area contributed by atoms with Crippen LogP contribution >= 0.6 is 0 Å². The molecule has 5 aliphatic rings. The molecule has 0 aromatic heterocycles. The fourth-order valence-electron chi connectivity index (χ4n) is 7.72. The average Bonchev–Trinajstić information content (AvgIpc) is 3.25. The van der Waals surface area contributed by atoms with E-state index in [1.807, 2.05) is 0 Å². The molecule has 6 rings (SSSR count). The van der Waals surface area contributed by atoms with E-state index >= 15 is 0 Å². The molecule has 20 heteroatoms. The number of phenols is 1. The number of hydrogen-bond donors (Lipinski definition) is 8. The molecule has 1 aromatic rings. The summed E-state index contributed by atoms with van der Waals surface area (Å²) in [4.78, 5) is 39.8. The highest BCUT2D eigenvalue weighted by Crippen LogP contribution is 2.40. The van der Waals surface area contributed by atoms with Gasteiger partial charge in [-0.2, -0.15) is 0 Å². The lowest BCUT2D eigenvalue weighted by atomic mass is 9.81. The van der Waals surface area contributed by atoms with Crippen molar-refractivity contribution in [3.63, 3.8) is 0 Å². The summed E-state index contributed by atoms with van der Waals surface area (Å²) in [6, 6.07) is 5.92. The van der Waals surface area contributed by atoms with Crippen LogP contribution in [0, 0.1) is 23.7 Å². The van der Waals surface area contributed by atoms with Gasteiger partial charge in [0.2, 0.25) is 12.6 Å². The minimum Gasteiger partial charge on any atom is -0.508 e. The smallest absolute Gasteiger partial charge is 0.337 e. The van der Waals surface area contributed by atoms with E-state index in [9.17, 15) is 55.2 Å². The van der Waals surface area contributed by atoms with E-state index in [4.69, 9.17) is 42.6 Å². The predicted molar refractivity (Wildman–Crippen MR) is 202 cm³/mol. The molecule has 8 N–H and O–H groups in total. The maximum absolute atomic E-state index is 13.6. The highest BCUT2D eigenvalue weighted by atomic mass is 16.8. The van der Waals surface area contributed by atoms with E-state index in [1.54, 1.807) is 12.1 Å². The number of carbonyl (C=O) groups excluding carboxylic acids is 3. The van der Waals surface area contributed by atoms with E-state index in [2.05, 4.69) is 13.2 Å². The quantitative estimate of drug-likeness (QED) is 0.0560. The first-order valence-corrected chi connectivity index (χ1v) is 19.5. The Labute approximate surface area is 349 Å². The Balaban J connectivity index is 1.11. The van der Waals surface area contributed by atoms with Crippen molar-refractivity contribution < 1.29 is 97.9 Å². The predicted octanol–water partition coefficient (Wildman–Crippen LogP) is -1.21. The number of rotatable bonds is 11. The fourth-order valence-corrected chi connectivity index (χ4v) is 7.72. The third-order valence-electron chi connectivity index (χ3n) is 11.1. The summed E-state index contributed by atoms with van der Waals surface area (Å²) in [7, 11) is 0. The maximum Gasteiger partial charge on any atom is 0.337 e.